The summed E-state index contributed by atoms with van der Waals surface area (Å²) in [5, 5.41) is 3.27. The summed E-state index contributed by atoms with van der Waals surface area (Å²) in [6, 6.07) is 0. The van der Waals surface area contributed by atoms with Gasteiger partial charge in [0.25, 0.3) is 0 Å². The molecule has 2 aliphatic rings. The van der Waals surface area contributed by atoms with Gasteiger partial charge in [0, 0.05) is 32.6 Å². The van der Waals surface area contributed by atoms with Crippen LogP contribution in [0.5, 0.6) is 0 Å². The first-order chi connectivity index (χ1) is 6.86. The van der Waals surface area contributed by atoms with E-state index in [0.29, 0.717) is 11.8 Å². The Morgan fingerprint density at radius 3 is 2.50 bits per heavy atom. The fraction of sp³-hybridized carbons (Fsp3) is 0.909. The molecule has 0 aromatic rings. The number of carbonyl (C=O) groups is 1. The Balaban J connectivity index is 1.75. The number of hydrogen-bond acceptors (Lipinski definition) is 2. The van der Waals surface area contributed by atoms with Gasteiger partial charge in [-0.2, -0.15) is 0 Å². The minimum atomic E-state index is 0.387. The maximum Gasteiger partial charge on any atom is 0.222 e. The third kappa shape index (κ3) is 2.47. The fourth-order valence-electron chi connectivity index (χ4n) is 2.50. The van der Waals surface area contributed by atoms with E-state index in [1.165, 1.54) is 25.7 Å². The summed E-state index contributed by atoms with van der Waals surface area (Å²) in [5.41, 5.74) is 0. The van der Waals surface area contributed by atoms with Crippen molar-refractivity contribution in [3.8, 4) is 0 Å². The molecule has 0 unspecified atom stereocenters. The Hall–Kier alpha value is -0.570. The Labute approximate surface area is 85.8 Å². The van der Waals surface area contributed by atoms with Crippen LogP contribution in [0, 0.1) is 5.92 Å². The van der Waals surface area contributed by atoms with Crippen molar-refractivity contribution < 1.29 is 4.79 Å². The Kier molecular flexibility index (Phi) is 3.40. The number of amides is 1. The van der Waals surface area contributed by atoms with Crippen LogP contribution in [0.4, 0.5) is 0 Å². The molecular formula is C11H20N2O. The molecule has 0 aromatic heterocycles. The summed E-state index contributed by atoms with van der Waals surface area (Å²) >= 11 is 0. The van der Waals surface area contributed by atoms with Crippen LogP contribution >= 0.6 is 0 Å². The summed E-state index contributed by atoms with van der Waals surface area (Å²) < 4.78 is 0. The normalized spacial score (nSPS) is 24.1. The van der Waals surface area contributed by atoms with Crippen molar-refractivity contribution in [3.63, 3.8) is 0 Å². The van der Waals surface area contributed by atoms with Gasteiger partial charge < -0.3 is 10.2 Å². The van der Waals surface area contributed by atoms with Gasteiger partial charge in [-0.25, -0.2) is 0 Å². The van der Waals surface area contributed by atoms with E-state index in [1.807, 2.05) is 4.90 Å². The first-order valence-electron chi connectivity index (χ1n) is 5.85. The molecule has 1 aliphatic heterocycles. The lowest BCUT2D eigenvalue weighted by Gasteiger charge is -2.28. The molecule has 1 heterocycles. The van der Waals surface area contributed by atoms with Crippen molar-refractivity contribution in [2.24, 2.45) is 5.92 Å². The van der Waals surface area contributed by atoms with E-state index in [4.69, 9.17) is 0 Å². The highest BCUT2D eigenvalue weighted by atomic mass is 16.2. The molecule has 3 nitrogen and oxygen atoms in total. The smallest absolute Gasteiger partial charge is 0.222 e. The maximum absolute atomic E-state index is 11.9. The number of carbonyl (C=O) groups excluding carboxylic acids is 1. The second-order valence-corrected chi connectivity index (χ2v) is 4.49. The number of nitrogens with zero attached hydrogens (tertiary/aromatic N) is 1. The van der Waals surface area contributed by atoms with E-state index >= 15 is 0 Å². The van der Waals surface area contributed by atoms with Gasteiger partial charge in [-0.1, -0.05) is 12.8 Å². The lowest BCUT2D eigenvalue weighted by atomic mass is 10.0. The first kappa shape index (κ1) is 9.97. The lowest BCUT2D eigenvalue weighted by Crippen LogP contribution is -2.46. The van der Waals surface area contributed by atoms with Gasteiger partial charge in [0.2, 0.25) is 5.91 Å². The molecule has 1 saturated heterocycles. The summed E-state index contributed by atoms with van der Waals surface area (Å²) in [6.45, 7) is 3.75. The average molecular weight is 196 g/mol. The first-order valence-corrected chi connectivity index (χ1v) is 5.85. The minimum Gasteiger partial charge on any atom is -0.340 e. The zero-order valence-corrected chi connectivity index (χ0v) is 8.80. The molecule has 0 aromatic carbocycles. The van der Waals surface area contributed by atoms with E-state index in [-0.39, 0.29) is 0 Å². The molecular weight excluding hydrogens is 176 g/mol. The van der Waals surface area contributed by atoms with E-state index in [9.17, 15) is 4.79 Å². The van der Waals surface area contributed by atoms with Crippen molar-refractivity contribution in [2.45, 2.75) is 32.1 Å². The largest absolute Gasteiger partial charge is 0.340 e. The monoisotopic (exact) mass is 196 g/mol. The molecule has 0 bridgehead atoms. The molecule has 80 valence electrons. The van der Waals surface area contributed by atoms with E-state index in [2.05, 4.69) is 5.32 Å². The van der Waals surface area contributed by atoms with Crippen molar-refractivity contribution in [1.29, 1.82) is 0 Å². The van der Waals surface area contributed by atoms with Crippen LogP contribution in [0.1, 0.15) is 32.1 Å². The third-order valence-electron chi connectivity index (χ3n) is 3.41. The van der Waals surface area contributed by atoms with Gasteiger partial charge in [-0.3, -0.25) is 4.79 Å². The summed E-state index contributed by atoms with van der Waals surface area (Å²) in [4.78, 5) is 13.9. The molecule has 1 aliphatic carbocycles. The Morgan fingerprint density at radius 1 is 1.21 bits per heavy atom. The van der Waals surface area contributed by atoms with Gasteiger partial charge in [0.05, 0.1) is 0 Å². The topological polar surface area (TPSA) is 32.3 Å². The summed E-state index contributed by atoms with van der Waals surface area (Å²) in [7, 11) is 0. The molecule has 0 radical (unpaired) electrons. The number of rotatable bonds is 2. The highest BCUT2D eigenvalue weighted by Gasteiger charge is 2.22. The molecule has 1 N–H and O–H groups in total. The summed E-state index contributed by atoms with van der Waals surface area (Å²) in [6.07, 6.45) is 6.02. The number of piperazine rings is 1. The van der Waals surface area contributed by atoms with Crippen molar-refractivity contribution in [2.75, 3.05) is 26.2 Å². The molecule has 14 heavy (non-hydrogen) atoms. The van der Waals surface area contributed by atoms with Gasteiger partial charge in [-0.05, 0) is 18.8 Å². The van der Waals surface area contributed by atoms with Crippen LogP contribution in [0.25, 0.3) is 0 Å². The predicted octanol–water partition coefficient (Wildman–Crippen LogP) is 0.998. The fourth-order valence-corrected chi connectivity index (χ4v) is 2.50. The van der Waals surface area contributed by atoms with Crippen LogP contribution in [0.3, 0.4) is 0 Å². The highest BCUT2D eigenvalue weighted by Crippen LogP contribution is 2.27. The van der Waals surface area contributed by atoms with Gasteiger partial charge in [0.1, 0.15) is 0 Å². The molecule has 2 fully saturated rings. The third-order valence-corrected chi connectivity index (χ3v) is 3.41. The van der Waals surface area contributed by atoms with E-state index in [1.54, 1.807) is 0 Å². The van der Waals surface area contributed by atoms with Crippen LogP contribution in [0.15, 0.2) is 0 Å². The van der Waals surface area contributed by atoms with Crippen molar-refractivity contribution in [3.05, 3.63) is 0 Å². The van der Waals surface area contributed by atoms with E-state index < -0.39 is 0 Å². The second-order valence-electron chi connectivity index (χ2n) is 4.49. The lowest BCUT2D eigenvalue weighted by molar-refractivity contribution is -0.132. The molecule has 1 amide bonds. The predicted molar refractivity (Wildman–Crippen MR) is 56.0 cm³/mol. The van der Waals surface area contributed by atoms with Crippen LogP contribution in [-0.2, 0) is 4.79 Å². The van der Waals surface area contributed by atoms with Crippen molar-refractivity contribution >= 4 is 5.91 Å². The van der Waals surface area contributed by atoms with Gasteiger partial charge >= 0.3 is 0 Å². The number of hydrogen-bond donors (Lipinski definition) is 1. The standard InChI is InChI=1S/C11H20N2O/c14-11(9-10-3-1-2-4-10)13-7-5-12-6-8-13/h10,12H,1-9H2. The van der Waals surface area contributed by atoms with Gasteiger partial charge in [0.15, 0.2) is 0 Å². The van der Waals surface area contributed by atoms with Gasteiger partial charge in [-0.15, -0.1) is 0 Å². The quantitative estimate of drug-likeness (QED) is 0.714. The Morgan fingerprint density at radius 2 is 1.86 bits per heavy atom. The zero-order chi connectivity index (χ0) is 9.80. The average Bonchev–Trinajstić information content (AvgIpc) is 2.72. The SMILES string of the molecule is O=C(CC1CCCC1)N1CCNCC1. The Bertz CT molecular complexity index is 193. The van der Waals surface area contributed by atoms with E-state index in [0.717, 1.165) is 32.6 Å². The van der Waals surface area contributed by atoms with Crippen LogP contribution in [0.2, 0.25) is 0 Å². The highest BCUT2D eigenvalue weighted by molar-refractivity contribution is 5.76. The molecule has 0 spiro atoms. The minimum absolute atomic E-state index is 0.387. The van der Waals surface area contributed by atoms with Crippen LogP contribution in [-0.4, -0.2) is 37.0 Å². The number of nitrogens with one attached hydrogen (secondary N) is 1. The molecule has 2 rings (SSSR count). The maximum atomic E-state index is 11.9. The molecule has 1 saturated carbocycles. The van der Waals surface area contributed by atoms with Crippen LogP contribution < -0.4 is 5.32 Å². The van der Waals surface area contributed by atoms with Crippen molar-refractivity contribution in [1.82, 2.24) is 10.2 Å². The summed E-state index contributed by atoms with van der Waals surface area (Å²) in [5.74, 6) is 1.08. The zero-order valence-electron chi connectivity index (χ0n) is 8.80. The molecule has 0 atom stereocenters. The molecule has 3 heteroatoms. The second kappa shape index (κ2) is 4.78.